The average molecular weight is 447 g/mol. The van der Waals surface area contributed by atoms with Crippen molar-refractivity contribution in [3.63, 3.8) is 0 Å². The first-order valence-corrected chi connectivity index (χ1v) is 12.4. The lowest BCUT2D eigenvalue weighted by Gasteiger charge is -2.51. The van der Waals surface area contributed by atoms with Crippen LogP contribution in [0.25, 0.3) is 0 Å². The van der Waals surface area contributed by atoms with Gasteiger partial charge in [0.1, 0.15) is 11.6 Å². The maximum absolute atomic E-state index is 12.6. The smallest absolute Gasteiger partial charge is 0.149 e. The predicted molar refractivity (Wildman–Crippen MR) is 120 cm³/mol. The van der Waals surface area contributed by atoms with E-state index in [0.717, 1.165) is 66.8 Å². The molecule has 1 unspecified atom stereocenters. The van der Waals surface area contributed by atoms with Crippen LogP contribution >= 0.6 is 11.6 Å². The minimum Gasteiger partial charge on any atom is -0.394 e. The van der Waals surface area contributed by atoms with Crippen molar-refractivity contribution in [1.29, 1.82) is 0 Å². The molecule has 1 aliphatic carbocycles. The molecule has 1 N–H and O–H groups in total. The summed E-state index contributed by atoms with van der Waals surface area (Å²) in [5.41, 5.74) is 0.962. The number of aromatic nitrogens is 2. The Labute approximate surface area is 184 Å². The van der Waals surface area contributed by atoms with Crippen LogP contribution in [0.5, 0.6) is 0 Å². The van der Waals surface area contributed by atoms with Gasteiger partial charge < -0.3 is 14.9 Å². The van der Waals surface area contributed by atoms with Gasteiger partial charge in [-0.25, -0.2) is 9.97 Å². The van der Waals surface area contributed by atoms with E-state index >= 15 is 0 Å². The molecule has 1 aromatic heterocycles. The fraction of sp³-hybridized carbons (Fsp3) is 0.545. The summed E-state index contributed by atoms with van der Waals surface area (Å²) >= 11 is 6.01. The van der Waals surface area contributed by atoms with Crippen molar-refractivity contribution in [1.82, 2.24) is 9.97 Å². The third-order valence-corrected chi connectivity index (χ3v) is 8.54. The summed E-state index contributed by atoms with van der Waals surface area (Å²) in [5, 5.41) is 10.8. The molecular weight excluding hydrogens is 420 g/mol. The molecule has 0 radical (unpaired) electrons. The number of anilines is 2. The Hall–Kier alpha value is -1.70. The molecule has 3 heterocycles. The van der Waals surface area contributed by atoms with Crippen molar-refractivity contribution in [2.75, 3.05) is 41.8 Å². The quantitative estimate of drug-likeness (QED) is 0.776. The highest BCUT2D eigenvalue weighted by Crippen LogP contribution is 2.43. The first-order chi connectivity index (χ1) is 14.6. The topological polar surface area (TPSA) is 69.6 Å². The van der Waals surface area contributed by atoms with Gasteiger partial charge in [-0.1, -0.05) is 11.6 Å². The first kappa shape index (κ1) is 20.2. The molecule has 5 rings (SSSR count). The number of hydrogen-bond donors (Lipinski definition) is 1. The van der Waals surface area contributed by atoms with E-state index in [1.807, 2.05) is 12.1 Å². The Morgan fingerprint density at radius 1 is 1.17 bits per heavy atom. The molecule has 1 saturated carbocycles. The van der Waals surface area contributed by atoms with E-state index < -0.39 is 10.8 Å². The molecule has 1 saturated heterocycles. The van der Waals surface area contributed by atoms with E-state index in [9.17, 15) is 9.32 Å². The lowest BCUT2D eigenvalue weighted by atomic mass is 9.76. The van der Waals surface area contributed by atoms with Crippen LogP contribution in [0.2, 0.25) is 5.02 Å². The molecular formula is C22H27ClN4O2S. The number of benzene rings is 1. The number of hydrogen-bond acceptors (Lipinski definition) is 6. The number of nitrogens with zero attached hydrogens (tertiary/aromatic N) is 4. The molecule has 2 aromatic rings. The molecule has 2 aliphatic heterocycles. The predicted octanol–water partition coefficient (Wildman–Crippen LogP) is 3.36. The summed E-state index contributed by atoms with van der Waals surface area (Å²) in [7, 11) is -1.06. The Bertz CT molecular complexity index is 937. The fourth-order valence-corrected chi connectivity index (χ4v) is 6.15. The van der Waals surface area contributed by atoms with Gasteiger partial charge in [0.25, 0.3) is 0 Å². The number of fused-ring (bicyclic) bond motifs is 1. The van der Waals surface area contributed by atoms with Gasteiger partial charge in [-0.15, -0.1) is 0 Å². The fourth-order valence-electron chi connectivity index (χ4n) is 4.92. The van der Waals surface area contributed by atoms with Gasteiger partial charge in [0.15, 0.2) is 0 Å². The molecule has 0 amide bonds. The van der Waals surface area contributed by atoms with Crippen LogP contribution in [0.15, 0.2) is 35.4 Å². The third kappa shape index (κ3) is 3.51. The Balaban J connectivity index is 1.36. The maximum atomic E-state index is 12.6. The highest BCUT2D eigenvalue weighted by Gasteiger charge is 2.45. The number of aliphatic hydroxyl groups excluding tert-OH is 1. The number of piperidine rings is 1. The Kier molecular flexibility index (Phi) is 5.45. The average Bonchev–Trinajstić information content (AvgIpc) is 2.75. The van der Waals surface area contributed by atoms with Crippen LogP contribution in [0, 0.1) is 0 Å². The van der Waals surface area contributed by atoms with Crippen LogP contribution in [-0.2, 0) is 10.8 Å². The maximum Gasteiger partial charge on any atom is 0.149 e. The van der Waals surface area contributed by atoms with Crippen LogP contribution < -0.4 is 9.80 Å². The largest absolute Gasteiger partial charge is 0.394 e. The summed E-state index contributed by atoms with van der Waals surface area (Å²) in [6, 6.07) is 8.00. The summed E-state index contributed by atoms with van der Waals surface area (Å²) in [4.78, 5) is 14.9. The molecule has 3 aliphatic rings. The normalized spacial score (nSPS) is 23.7. The van der Waals surface area contributed by atoms with Gasteiger partial charge in [0, 0.05) is 48.2 Å². The van der Waals surface area contributed by atoms with Crippen molar-refractivity contribution >= 4 is 33.9 Å². The SMILES string of the molecule is O=S1CCN(C2(CO)CCC2)c2nc(C3CCN(c4ccc(Cl)cc4)CC3)ncc21. The third-order valence-electron chi connectivity index (χ3n) is 6.96. The van der Waals surface area contributed by atoms with E-state index in [-0.39, 0.29) is 12.1 Å². The Morgan fingerprint density at radius 2 is 1.90 bits per heavy atom. The van der Waals surface area contributed by atoms with Crippen molar-refractivity contribution in [2.45, 2.75) is 48.5 Å². The zero-order valence-corrected chi connectivity index (χ0v) is 18.5. The van der Waals surface area contributed by atoms with Gasteiger partial charge in [0.2, 0.25) is 0 Å². The lowest BCUT2D eigenvalue weighted by Crippen LogP contribution is -2.59. The monoisotopic (exact) mass is 446 g/mol. The summed E-state index contributed by atoms with van der Waals surface area (Å²) in [5.74, 6) is 2.51. The second-order valence-corrected chi connectivity index (χ2v) is 10.6. The van der Waals surface area contributed by atoms with Crippen molar-refractivity contribution in [3.05, 3.63) is 41.3 Å². The van der Waals surface area contributed by atoms with Crippen LogP contribution in [-0.4, -0.2) is 56.8 Å². The zero-order valence-electron chi connectivity index (χ0n) is 17.0. The van der Waals surface area contributed by atoms with Gasteiger partial charge in [-0.3, -0.25) is 4.21 Å². The standard InChI is InChI=1S/C22H27ClN4O2S/c23-17-2-4-18(5-3-17)26-10-6-16(7-11-26)20-24-14-19-21(25-20)27(12-13-30(19)29)22(15-28)8-1-9-22/h2-5,14,16,28H,1,6-13,15H2. The highest BCUT2D eigenvalue weighted by molar-refractivity contribution is 7.85. The number of aliphatic hydroxyl groups is 1. The van der Waals surface area contributed by atoms with E-state index in [1.165, 1.54) is 5.69 Å². The van der Waals surface area contributed by atoms with E-state index in [2.05, 4.69) is 26.9 Å². The molecule has 1 atom stereocenters. The molecule has 2 fully saturated rings. The van der Waals surface area contributed by atoms with Gasteiger partial charge in [-0.05, 0) is 56.4 Å². The molecule has 8 heteroatoms. The second kappa shape index (κ2) is 8.09. The van der Waals surface area contributed by atoms with Crippen LogP contribution in [0.1, 0.15) is 43.8 Å². The molecule has 0 spiro atoms. The van der Waals surface area contributed by atoms with E-state index in [1.54, 1.807) is 6.20 Å². The number of rotatable bonds is 4. The van der Waals surface area contributed by atoms with Crippen LogP contribution in [0.4, 0.5) is 11.5 Å². The summed E-state index contributed by atoms with van der Waals surface area (Å²) < 4.78 is 12.6. The summed E-state index contributed by atoms with van der Waals surface area (Å²) in [6.07, 6.45) is 6.79. The minimum absolute atomic E-state index is 0.123. The Morgan fingerprint density at radius 3 is 2.53 bits per heavy atom. The van der Waals surface area contributed by atoms with Crippen LogP contribution in [0.3, 0.4) is 0 Å². The van der Waals surface area contributed by atoms with Gasteiger partial charge >= 0.3 is 0 Å². The highest BCUT2D eigenvalue weighted by atomic mass is 35.5. The number of halogens is 1. The molecule has 0 bridgehead atoms. The molecule has 1 aromatic carbocycles. The van der Waals surface area contributed by atoms with E-state index in [0.29, 0.717) is 18.2 Å². The summed E-state index contributed by atoms with van der Waals surface area (Å²) in [6.45, 7) is 2.70. The molecule has 160 valence electrons. The lowest BCUT2D eigenvalue weighted by molar-refractivity contribution is 0.115. The zero-order chi connectivity index (χ0) is 20.7. The van der Waals surface area contributed by atoms with Gasteiger partial charge in [-0.2, -0.15) is 0 Å². The molecule has 6 nitrogen and oxygen atoms in total. The minimum atomic E-state index is -1.06. The second-order valence-electron chi connectivity index (χ2n) is 8.59. The van der Waals surface area contributed by atoms with Crippen molar-refractivity contribution in [2.24, 2.45) is 0 Å². The van der Waals surface area contributed by atoms with E-state index in [4.69, 9.17) is 16.6 Å². The van der Waals surface area contributed by atoms with Gasteiger partial charge in [0.05, 0.1) is 27.8 Å². The van der Waals surface area contributed by atoms with Crippen molar-refractivity contribution < 1.29 is 9.32 Å². The first-order valence-electron chi connectivity index (χ1n) is 10.7. The van der Waals surface area contributed by atoms with Crippen molar-refractivity contribution in [3.8, 4) is 0 Å². The molecule has 30 heavy (non-hydrogen) atoms.